The smallest absolute Gasteiger partial charge is 0.409 e. The van der Waals surface area contributed by atoms with E-state index in [-0.39, 0.29) is 11.9 Å². The number of ether oxygens (including phenoxy) is 1. The lowest BCUT2D eigenvalue weighted by Crippen LogP contribution is -2.49. The van der Waals surface area contributed by atoms with Crippen molar-refractivity contribution in [2.75, 3.05) is 45.1 Å². The van der Waals surface area contributed by atoms with Crippen LogP contribution in [0.25, 0.3) is 0 Å². The standard InChI is InChI=1S/C17H25N3O3/c1-3-23-17(22)20-10-8-19(9-11-20)7-6-16(21)14-5-4-13(2)15(18)12-14/h4-5,12H,3,6-11,18H2,1-2H3. The van der Waals surface area contributed by atoms with Gasteiger partial charge in [0.1, 0.15) is 0 Å². The van der Waals surface area contributed by atoms with E-state index >= 15 is 0 Å². The summed E-state index contributed by atoms with van der Waals surface area (Å²) in [5, 5.41) is 0. The van der Waals surface area contributed by atoms with E-state index in [1.165, 1.54) is 0 Å². The molecule has 6 heteroatoms. The van der Waals surface area contributed by atoms with Gasteiger partial charge in [0.05, 0.1) is 6.61 Å². The number of Topliss-reactive ketones (excluding diaryl/α,β-unsaturated/α-hetero) is 1. The van der Waals surface area contributed by atoms with Gasteiger partial charge in [0.2, 0.25) is 0 Å². The second kappa shape index (κ2) is 7.97. The van der Waals surface area contributed by atoms with Crippen molar-refractivity contribution in [1.29, 1.82) is 0 Å². The molecule has 6 nitrogen and oxygen atoms in total. The fourth-order valence-corrected chi connectivity index (χ4v) is 2.59. The summed E-state index contributed by atoms with van der Waals surface area (Å²) >= 11 is 0. The van der Waals surface area contributed by atoms with E-state index in [1.807, 2.05) is 19.1 Å². The summed E-state index contributed by atoms with van der Waals surface area (Å²) in [6.45, 7) is 7.64. The third-order valence-electron chi connectivity index (χ3n) is 4.15. The van der Waals surface area contributed by atoms with E-state index < -0.39 is 0 Å². The third-order valence-corrected chi connectivity index (χ3v) is 4.15. The maximum atomic E-state index is 12.2. The van der Waals surface area contributed by atoms with E-state index in [0.29, 0.717) is 43.9 Å². The Hall–Kier alpha value is -2.08. The van der Waals surface area contributed by atoms with Crippen molar-refractivity contribution in [3.8, 4) is 0 Å². The highest BCUT2D eigenvalue weighted by atomic mass is 16.6. The molecule has 0 bridgehead atoms. The van der Waals surface area contributed by atoms with Gasteiger partial charge >= 0.3 is 6.09 Å². The van der Waals surface area contributed by atoms with Gasteiger partial charge in [-0.25, -0.2) is 4.79 Å². The Balaban J connectivity index is 1.77. The molecule has 1 aliphatic heterocycles. The number of hydrogen-bond donors (Lipinski definition) is 1. The van der Waals surface area contributed by atoms with Crippen LogP contribution in [0, 0.1) is 6.92 Å². The van der Waals surface area contributed by atoms with Crippen molar-refractivity contribution < 1.29 is 14.3 Å². The van der Waals surface area contributed by atoms with Gasteiger partial charge < -0.3 is 15.4 Å². The van der Waals surface area contributed by atoms with Crippen LogP contribution in [0.2, 0.25) is 0 Å². The maximum Gasteiger partial charge on any atom is 0.409 e. The molecule has 2 N–H and O–H groups in total. The highest BCUT2D eigenvalue weighted by Crippen LogP contribution is 2.15. The normalized spacial score (nSPS) is 15.5. The van der Waals surface area contributed by atoms with Crippen LogP contribution in [0.3, 0.4) is 0 Å². The first-order valence-corrected chi connectivity index (χ1v) is 8.04. The molecule has 0 spiro atoms. The number of rotatable bonds is 5. The second-order valence-electron chi connectivity index (χ2n) is 5.77. The molecule has 23 heavy (non-hydrogen) atoms. The minimum absolute atomic E-state index is 0.101. The van der Waals surface area contributed by atoms with E-state index in [9.17, 15) is 9.59 Å². The molecular weight excluding hydrogens is 294 g/mol. The number of carbonyl (C=O) groups excluding carboxylic acids is 2. The summed E-state index contributed by atoms with van der Waals surface area (Å²) in [5.74, 6) is 0.101. The van der Waals surface area contributed by atoms with Crippen molar-refractivity contribution in [2.24, 2.45) is 0 Å². The van der Waals surface area contributed by atoms with Gasteiger partial charge in [-0.2, -0.15) is 0 Å². The molecule has 1 saturated heterocycles. The predicted molar refractivity (Wildman–Crippen MR) is 89.6 cm³/mol. The molecule has 1 aromatic carbocycles. The molecule has 1 aliphatic rings. The molecule has 1 fully saturated rings. The zero-order chi connectivity index (χ0) is 16.8. The monoisotopic (exact) mass is 319 g/mol. The molecular formula is C17H25N3O3. The van der Waals surface area contributed by atoms with E-state index in [2.05, 4.69) is 4.90 Å². The minimum Gasteiger partial charge on any atom is -0.450 e. The molecule has 0 aromatic heterocycles. The summed E-state index contributed by atoms with van der Waals surface area (Å²) in [5.41, 5.74) is 8.15. The molecule has 126 valence electrons. The van der Waals surface area contributed by atoms with Crippen LogP contribution in [0.4, 0.5) is 10.5 Å². The number of nitrogen functional groups attached to an aromatic ring is 1. The first-order chi connectivity index (χ1) is 11.0. The van der Waals surface area contributed by atoms with Crippen molar-refractivity contribution in [3.63, 3.8) is 0 Å². The number of ketones is 1. The highest BCUT2D eigenvalue weighted by Gasteiger charge is 2.22. The molecule has 0 aliphatic carbocycles. The summed E-state index contributed by atoms with van der Waals surface area (Å²) in [6.07, 6.45) is 0.209. The summed E-state index contributed by atoms with van der Waals surface area (Å²) in [6, 6.07) is 5.45. The number of amides is 1. The summed E-state index contributed by atoms with van der Waals surface area (Å²) < 4.78 is 5.00. The topological polar surface area (TPSA) is 75.9 Å². The van der Waals surface area contributed by atoms with E-state index in [4.69, 9.17) is 10.5 Å². The molecule has 0 saturated carbocycles. The van der Waals surface area contributed by atoms with Crippen LogP contribution in [0.15, 0.2) is 18.2 Å². The number of carbonyl (C=O) groups is 2. The van der Waals surface area contributed by atoms with Crippen molar-refractivity contribution in [1.82, 2.24) is 9.80 Å². The molecule has 0 atom stereocenters. The van der Waals surface area contributed by atoms with Crippen LogP contribution < -0.4 is 5.73 Å². The van der Waals surface area contributed by atoms with Gasteiger partial charge in [0.25, 0.3) is 0 Å². The lowest BCUT2D eigenvalue weighted by atomic mass is 10.0. The van der Waals surface area contributed by atoms with Crippen LogP contribution >= 0.6 is 0 Å². The summed E-state index contributed by atoms with van der Waals surface area (Å²) in [4.78, 5) is 27.8. The Morgan fingerprint density at radius 1 is 1.22 bits per heavy atom. The van der Waals surface area contributed by atoms with Crippen LogP contribution in [0.5, 0.6) is 0 Å². The Bertz CT molecular complexity index is 566. The highest BCUT2D eigenvalue weighted by molar-refractivity contribution is 5.97. The molecule has 0 radical (unpaired) electrons. The van der Waals surface area contributed by atoms with Gasteiger partial charge in [-0.15, -0.1) is 0 Å². The largest absolute Gasteiger partial charge is 0.450 e. The summed E-state index contributed by atoms with van der Waals surface area (Å²) in [7, 11) is 0. The Kier molecular flexibility index (Phi) is 5.98. The number of piperazine rings is 1. The SMILES string of the molecule is CCOC(=O)N1CCN(CCC(=O)c2ccc(C)c(N)c2)CC1. The quantitative estimate of drug-likeness (QED) is 0.663. The van der Waals surface area contributed by atoms with Gasteiger partial charge in [0.15, 0.2) is 5.78 Å². The van der Waals surface area contributed by atoms with Crippen LogP contribution in [0.1, 0.15) is 29.3 Å². The Labute approximate surface area is 137 Å². The van der Waals surface area contributed by atoms with Crippen molar-refractivity contribution in [2.45, 2.75) is 20.3 Å². The van der Waals surface area contributed by atoms with Crippen molar-refractivity contribution >= 4 is 17.6 Å². The molecule has 0 unspecified atom stereocenters. The van der Waals surface area contributed by atoms with Crippen molar-refractivity contribution in [3.05, 3.63) is 29.3 Å². The lowest BCUT2D eigenvalue weighted by Gasteiger charge is -2.33. The first-order valence-electron chi connectivity index (χ1n) is 8.04. The fraction of sp³-hybridized carbons (Fsp3) is 0.529. The van der Waals surface area contributed by atoms with E-state index in [0.717, 1.165) is 18.7 Å². The van der Waals surface area contributed by atoms with Crippen LogP contribution in [-0.2, 0) is 4.74 Å². The minimum atomic E-state index is -0.252. The number of nitrogens with two attached hydrogens (primary N) is 1. The molecule has 1 heterocycles. The first kappa shape index (κ1) is 17.3. The van der Waals surface area contributed by atoms with Gasteiger partial charge in [-0.05, 0) is 25.5 Å². The van der Waals surface area contributed by atoms with Crippen LogP contribution in [-0.4, -0.2) is 61.0 Å². The molecule has 1 amide bonds. The van der Waals surface area contributed by atoms with Gasteiger partial charge in [-0.1, -0.05) is 12.1 Å². The Morgan fingerprint density at radius 3 is 2.52 bits per heavy atom. The number of hydrogen-bond acceptors (Lipinski definition) is 5. The van der Waals surface area contributed by atoms with E-state index in [1.54, 1.807) is 17.9 Å². The maximum absolute atomic E-state index is 12.2. The zero-order valence-corrected chi connectivity index (χ0v) is 13.9. The Morgan fingerprint density at radius 2 is 1.91 bits per heavy atom. The lowest BCUT2D eigenvalue weighted by molar-refractivity contribution is 0.0764. The average molecular weight is 319 g/mol. The van der Waals surface area contributed by atoms with Gasteiger partial charge in [-0.3, -0.25) is 9.69 Å². The number of nitrogens with zero attached hydrogens (tertiary/aromatic N) is 2. The second-order valence-corrected chi connectivity index (χ2v) is 5.77. The molecule has 1 aromatic rings. The third kappa shape index (κ3) is 4.69. The predicted octanol–water partition coefficient (Wildman–Crippen LogP) is 1.92. The fourth-order valence-electron chi connectivity index (χ4n) is 2.59. The average Bonchev–Trinajstić information content (AvgIpc) is 2.56. The number of benzene rings is 1. The number of anilines is 1. The zero-order valence-electron chi connectivity index (χ0n) is 13.9. The number of aryl methyl sites for hydroxylation is 1. The van der Waals surface area contributed by atoms with Gasteiger partial charge in [0, 0.05) is 50.4 Å². The molecule has 2 rings (SSSR count).